The summed E-state index contributed by atoms with van der Waals surface area (Å²) in [7, 11) is 4.85. The molecule has 3 rings (SSSR count). The zero-order chi connectivity index (χ0) is 19.1. The highest BCUT2D eigenvalue weighted by atomic mass is 16.5. The lowest BCUT2D eigenvalue weighted by atomic mass is 9.97. The minimum Gasteiger partial charge on any atom is -0.480 e. The van der Waals surface area contributed by atoms with Crippen molar-refractivity contribution >= 4 is 11.0 Å². The van der Waals surface area contributed by atoms with Gasteiger partial charge in [-0.15, -0.1) is 0 Å². The molecule has 0 atom stereocenters. The van der Waals surface area contributed by atoms with Gasteiger partial charge in [-0.2, -0.15) is 4.98 Å². The van der Waals surface area contributed by atoms with Crippen molar-refractivity contribution in [2.45, 2.75) is 27.3 Å². The number of benzene rings is 1. The van der Waals surface area contributed by atoms with Gasteiger partial charge in [0.05, 0.1) is 30.8 Å². The van der Waals surface area contributed by atoms with E-state index in [4.69, 9.17) is 9.47 Å². The maximum absolute atomic E-state index is 12.7. The zero-order valence-electron chi connectivity index (χ0n) is 16.0. The molecule has 0 N–H and O–H groups in total. The number of hydrogen-bond acceptors (Lipinski definition) is 5. The number of rotatable bonds is 4. The van der Waals surface area contributed by atoms with Gasteiger partial charge >= 0.3 is 11.7 Å². The molecule has 26 heavy (non-hydrogen) atoms. The summed E-state index contributed by atoms with van der Waals surface area (Å²) in [6.45, 7) is 7.00. The summed E-state index contributed by atoms with van der Waals surface area (Å²) in [4.78, 5) is 21.1. The van der Waals surface area contributed by atoms with Crippen LogP contribution in [0.4, 0.5) is 0 Å². The van der Waals surface area contributed by atoms with Gasteiger partial charge in [0, 0.05) is 19.8 Å². The lowest BCUT2D eigenvalue weighted by Crippen LogP contribution is -2.27. The number of aryl methyl sites for hydroxylation is 1. The molecule has 0 bridgehead atoms. The number of nitrogens with zero attached hydrogens (tertiary/aromatic N) is 4. The lowest BCUT2D eigenvalue weighted by molar-refractivity contribution is 0.342. The molecule has 3 aromatic rings. The number of fused-ring (bicyclic) bond motifs is 1. The second kappa shape index (κ2) is 6.48. The molecule has 7 heteroatoms. The van der Waals surface area contributed by atoms with Crippen molar-refractivity contribution in [3.63, 3.8) is 0 Å². The van der Waals surface area contributed by atoms with Gasteiger partial charge in [-0.3, -0.25) is 9.13 Å². The summed E-state index contributed by atoms with van der Waals surface area (Å²) in [5.74, 6) is 0.426. The van der Waals surface area contributed by atoms with Gasteiger partial charge in [-0.1, -0.05) is 26.8 Å². The van der Waals surface area contributed by atoms with Gasteiger partial charge in [0.1, 0.15) is 0 Å². The lowest BCUT2D eigenvalue weighted by Gasteiger charge is -2.18. The molecule has 0 aliphatic carbocycles. The average molecular weight is 356 g/mol. The molecular formula is C19H24N4O3. The molecule has 0 unspecified atom stereocenters. The Bertz CT molecular complexity index is 1010. The van der Waals surface area contributed by atoms with Crippen molar-refractivity contribution in [3.05, 3.63) is 34.9 Å². The fourth-order valence-electron chi connectivity index (χ4n) is 3.01. The molecule has 1 aromatic carbocycles. The molecule has 0 radical (unpaired) electrons. The third-order valence-electron chi connectivity index (χ3n) is 4.20. The Hall–Kier alpha value is -2.83. The summed E-state index contributed by atoms with van der Waals surface area (Å²) in [6, 6.07) is 6.12. The van der Waals surface area contributed by atoms with Crippen LogP contribution in [0.3, 0.4) is 0 Å². The SMILES string of the molecule is COc1ncc(-c2ccc3c(c2)n(C)c(=O)n3CC(C)(C)C)c(OC)n1. The summed E-state index contributed by atoms with van der Waals surface area (Å²) in [5, 5.41) is 0. The first-order valence-corrected chi connectivity index (χ1v) is 8.40. The van der Waals surface area contributed by atoms with E-state index in [0.717, 1.165) is 22.2 Å². The molecule has 0 fully saturated rings. The van der Waals surface area contributed by atoms with Gasteiger partial charge in [-0.05, 0) is 23.1 Å². The Morgan fingerprint density at radius 3 is 2.46 bits per heavy atom. The smallest absolute Gasteiger partial charge is 0.328 e. The topological polar surface area (TPSA) is 71.2 Å². The summed E-state index contributed by atoms with van der Waals surface area (Å²) >= 11 is 0. The van der Waals surface area contributed by atoms with Gasteiger partial charge in [0.15, 0.2) is 0 Å². The van der Waals surface area contributed by atoms with Crippen molar-refractivity contribution in [2.24, 2.45) is 12.5 Å². The van der Waals surface area contributed by atoms with Crippen LogP contribution in [0.2, 0.25) is 0 Å². The molecule has 138 valence electrons. The Morgan fingerprint density at radius 1 is 1.12 bits per heavy atom. The second-order valence-electron chi connectivity index (χ2n) is 7.47. The number of aromatic nitrogens is 4. The fourth-order valence-corrected chi connectivity index (χ4v) is 3.01. The van der Waals surface area contributed by atoms with Crippen LogP contribution in [0.25, 0.3) is 22.2 Å². The molecule has 0 saturated carbocycles. The summed E-state index contributed by atoms with van der Waals surface area (Å²) in [5.41, 5.74) is 3.36. The van der Waals surface area contributed by atoms with E-state index in [1.165, 1.54) is 7.11 Å². The molecule has 0 amide bonds. The third kappa shape index (κ3) is 3.16. The molecule has 2 heterocycles. The quantitative estimate of drug-likeness (QED) is 0.719. The molecule has 2 aromatic heterocycles. The van der Waals surface area contributed by atoms with E-state index in [-0.39, 0.29) is 17.1 Å². The number of methoxy groups -OCH3 is 2. The van der Waals surface area contributed by atoms with Crippen LogP contribution < -0.4 is 15.2 Å². The van der Waals surface area contributed by atoms with Crippen molar-refractivity contribution < 1.29 is 9.47 Å². The van der Waals surface area contributed by atoms with Crippen molar-refractivity contribution in [1.29, 1.82) is 0 Å². The Balaban J connectivity index is 2.17. The van der Waals surface area contributed by atoms with Crippen LogP contribution in [0.15, 0.2) is 29.2 Å². The largest absolute Gasteiger partial charge is 0.480 e. The Labute approximate surface area is 152 Å². The van der Waals surface area contributed by atoms with Crippen LogP contribution in [-0.4, -0.2) is 33.3 Å². The fraction of sp³-hybridized carbons (Fsp3) is 0.421. The Morgan fingerprint density at radius 2 is 1.85 bits per heavy atom. The molecule has 0 spiro atoms. The van der Waals surface area contributed by atoms with Crippen molar-refractivity contribution in [2.75, 3.05) is 14.2 Å². The number of imidazole rings is 1. The maximum atomic E-state index is 12.7. The first kappa shape index (κ1) is 18.0. The highest BCUT2D eigenvalue weighted by Gasteiger charge is 2.19. The van der Waals surface area contributed by atoms with E-state index in [9.17, 15) is 4.79 Å². The van der Waals surface area contributed by atoms with E-state index in [1.54, 1.807) is 24.9 Å². The number of hydrogen-bond donors (Lipinski definition) is 0. The average Bonchev–Trinajstić information content (AvgIpc) is 2.84. The molecule has 0 saturated heterocycles. The highest BCUT2D eigenvalue weighted by Crippen LogP contribution is 2.31. The molecule has 7 nitrogen and oxygen atoms in total. The van der Waals surface area contributed by atoms with Gasteiger partial charge in [0.25, 0.3) is 0 Å². The normalized spacial score (nSPS) is 11.8. The van der Waals surface area contributed by atoms with Gasteiger partial charge < -0.3 is 9.47 Å². The second-order valence-corrected chi connectivity index (χ2v) is 7.47. The Kier molecular flexibility index (Phi) is 4.48. The van der Waals surface area contributed by atoms with E-state index < -0.39 is 0 Å². The van der Waals surface area contributed by atoms with Crippen LogP contribution in [0.5, 0.6) is 11.9 Å². The summed E-state index contributed by atoms with van der Waals surface area (Å²) in [6.07, 6.45) is 1.66. The highest BCUT2D eigenvalue weighted by molar-refractivity contribution is 5.83. The molecule has 0 aliphatic rings. The summed E-state index contributed by atoms with van der Waals surface area (Å²) < 4.78 is 13.9. The molecular weight excluding hydrogens is 332 g/mol. The van der Waals surface area contributed by atoms with Crippen LogP contribution in [0.1, 0.15) is 20.8 Å². The van der Waals surface area contributed by atoms with Gasteiger partial charge in [-0.25, -0.2) is 9.78 Å². The third-order valence-corrected chi connectivity index (χ3v) is 4.20. The minimum atomic E-state index is -0.0231. The van der Waals surface area contributed by atoms with E-state index >= 15 is 0 Å². The standard InChI is InChI=1S/C19H24N4O3/c1-19(2,3)11-23-14-8-7-12(9-15(14)22(4)18(23)24)13-10-20-17(26-6)21-16(13)25-5/h7-10H,11H2,1-6H3. The van der Waals surface area contributed by atoms with E-state index in [2.05, 4.69) is 30.7 Å². The molecule has 0 aliphatic heterocycles. The van der Waals surface area contributed by atoms with Crippen LogP contribution in [0, 0.1) is 5.41 Å². The predicted octanol–water partition coefficient (Wildman–Crippen LogP) is 2.86. The van der Waals surface area contributed by atoms with Crippen LogP contribution >= 0.6 is 0 Å². The van der Waals surface area contributed by atoms with Crippen molar-refractivity contribution in [3.8, 4) is 23.0 Å². The maximum Gasteiger partial charge on any atom is 0.328 e. The van der Waals surface area contributed by atoms with Crippen LogP contribution in [-0.2, 0) is 13.6 Å². The first-order valence-electron chi connectivity index (χ1n) is 8.40. The minimum absolute atomic E-state index is 0.00379. The van der Waals surface area contributed by atoms with Gasteiger partial charge in [0.2, 0.25) is 5.88 Å². The first-order chi connectivity index (χ1) is 12.2. The van der Waals surface area contributed by atoms with E-state index in [0.29, 0.717) is 12.4 Å². The predicted molar refractivity (Wildman–Crippen MR) is 101 cm³/mol. The monoisotopic (exact) mass is 356 g/mol. The number of ether oxygens (including phenoxy) is 2. The zero-order valence-corrected chi connectivity index (χ0v) is 16.0. The van der Waals surface area contributed by atoms with Crippen molar-refractivity contribution in [1.82, 2.24) is 19.1 Å². The van der Waals surface area contributed by atoms with E-state index in [1.807, 2.05) is 22.8 Å².